The van der Waals surface area contributed by atoms with Gasteiger partial charge in [0.1, 0.15) is 12.3 Å². The summed E-state index contributed by atoms with van der Waals surface area (Å²) in [5.41, 5.74) is 6.08. The van der Waals surface area contributed by atoms with E-state index in [9.17, 15) is 18.0 Å². The molecule has 2 amide bonds. The zero-order chi connectivity index (χ0) is 30.1. The number of nitrogens with one attached hydrogen (secondary N) is 2. The summed E-state index contributed by atoms with van der Waals surface area (Å²) in [6, 6.07) is 27.3. The van der Waals surface area contributed by atoms with Gasteiger partial charge in [-0.15, -0.1) is 0 Å². The van der Waals surface area contributed by atoms with E-state index < -0.39 is 22.5 Å². The summed E-state index contributed by atoms with van der Waals surface area (Å²) in [4.78, 5) is 25.0. The van der Waals surface area contributed by atoms with Crippen LogP contribution in [0.1, 0.15) is 16.7 Å². The van der Waals surface area contributed by atoms with Crippen LogP contribution in [0.3, 0.4) is 0 Å². The van der Waals surface area contributed by atoms with E-state index in [4.69, 9.17) is 4.74 Å². The van der Waals surface area contributed by atoms with Gasteiger partial charge < -0.3 is 10.1 Å². The quantitative estimate of drug-likeness (QED) is 0.166. The van der Waals surface area contributed by atoms with Gasteiger partial charge >= 0.3 is 0 Å². The molecule has 42 heavy (non-hydrogen) atoms. The number of amides is 2. The molecule has 11 heteroatoms. The molecule has 2 N–H and O–H groups in total. The highest BCUT2D eigenvalue weighted by atomic mass is 79.9. The lowest BCUT2D eigenvalue weighted by Crippen LogP contribution is -2.39. The number of rotatable bonds is 11. The number of aryl methyl sites for hydroxylation is 2. The number of anilines is 2. The molecule has 0 spiro atoms. The Morgan fingerprint density at radius 3 is 2.05 bits per heavy atom. The van der Waals surface area contributed by atoms with Crippen LogP contribution in [0.25, 0.3) is 0 Å². The summed E-state index contributed by atoms with van der Waals surface area (Å²) >= 11 is 3.35. The minimum absolute atomic E-state index is 0.0715. The topological polar surface area (TPSA) is 117 Å². The smallest absolute Gasteiger partial charge is 0.264 e. The van der Waals surface area contributed by atoms with Crippen molar-refractivity contribution in [2.24, 2.45) is 5.10 Å². The van der Waals surface area contributed by atoms with Crippen LogP contribution in [0.4, 0.5) is 11.4 Å². The van der Waals surface area contributed by atoms with Crippen LogP contribution in [0.15, 0.2) is 112 Å². The number of hydrogen-bond acceptors (Lipinski definition) is 6. The molecule has 0 saturated carbocycles. The Morgan fingerprint density at radius 2 is 1.43 bits per heavy atom. The van der Waals surface area contributed by atoms with E-state index in [-0.39, 0.29) is 17.4 Å². The van der Waals surface area contributed by atoms with Crippen LogP contribution in [-0.2, 0) is 19.6 Å². The highest BCUT2D eigenvalue weighted by molar-refractivity contribution is 9.10. The molecule has 0 atom stereocenters. The average molecular weight is 650 g/mol. The Morgan fingerprint density at radius 1 is 0.833 bits per heavy atom. The number of nitrogens with zero attached hydrogens (tertiary/aromatic N) is 2. The van der Waals surface area contributed by atoms with Gasteiger partial charge in [0.2, 0.25) is 0 Å². The fourth-order valence-corrected chi connectivity index (χ4v) is 5.42. The number of sulfonamides is 1. The van der Waals surface area contributed by atoms with Gasteiger partial charge in [-0.1, -0.05) is 51.3 Å². The summed E-state index contributed by atoms with van der Waals surface area (Å²) in [5, 5.41) is 6.73. The molecule has 4 aromatic rings. The first-order valence-corrected chi connectivity index (χ1v) is 15.1. The van der Waals surface area contributed by atoms with Gasteiger partial charge in [-0.3, -0.25) is 13.9 Å². The summed E-state index contributed by atoms with van der Waals surface area (Å²) in [5.74, 6) is -0.417. The van der Waals surface area contributed by atoms with E-state index in [1.54, 1.807) is 60.7 Å². The average Bonchev–Trinajstić information content (AvgIpc) is 2.97. The number of halogens is 1. The minimum Gasteiger partial charge on any atom is -0.484 e. The normalized spacial score (nSPS) is 11.2. The Bertz CT molecular complexity index is 1660. The lowest BCUT2D eigenvalue weighted by Gasteiger charge is -2.23. The Hall–Kier alpha value is -4.48. The number of benzene rings is 4. The molecule has 0 aliphatic rings. The predicted octanol–water partition coefficient (Wildman–Crippen LogP) is 5.43. The third-order valence-corrected chi connectivity index (χ3v) is 8.32. The Labute approximate surface area is 253 Å². The van der Waals surface area contributed by atoms with Crippen molar-refractivity contribution in [3.8, 4) is 5.75 Å². The second-order valence-electron chi connectivity index (χ2n) is 9.37. The maximum atomic E-state index is 13.4. The van der Waals surface area contributed by atoms with Crippen LogP contribution < -0.4 is 19.8 Å². The van der Waals surface area contributed by atoms with Crippen molar-refractivity contribution < 1.29 is 22.7 Å². The summed E-state index contributed by atoms with van der Waals surface area (Å²) in [6.07, 6.45) is 1.42. The molecular weight excluding hydrogens is 620 g/mol. The van der Waals surface area contributed by atoms with Crippen molar-refractivity contribution in [2.45, 2.75) is 18.7 Å². The molecule has 0 aromatic heterocycles. The van der Waals surface area contributed by atoms with Crippen molar-refractivity contribution in [1.82, 2.24) is 5.43 Å². The summed E-state index contributed by atoms with van der Waals surface area (Å²) in [6.45, 7) is 3.20. The highest BCUT2D eigenvalue weighted by Crippen LogP contribution is 2.25. The maximum Gasteiger partial charge on any atom is 0.264 e. The summed E-state index contributed by atoms with van der Waals surface area (Å²) < 4.78 is 34.2. The molecular formula is C31H29BrN4O5S. The molecule has 0 aliphatic heterocycles. The van der Waals surface area contributed by atoms with Gasteiger partial charge in [0.25, 0.3) is 21.8 Å². The SMILES string of the molecule is Cc1ccc(NC(=O)COc2ccc(/C=N/NC(=O)CN(c3ccc(Br)cc3)S(=O)(=O)c3ccc(C)cc3)cc2)cc1. The second-order valence-corrected chi connectivity index (χ2v) is 12.1. The van der Waals surface area contributed by atoms with Crippen LogP contribution in [0.2, 0.25) is 0 Å². The van der Waals surface area contributed by atoms with Crippen LogP contribution in [0.5, 0.6) is 5.75 Å². The van der Waals surface area contributed by atoms with Crippen molar-refractivity contribution >= 4 is 55.4 Å². The number of hydrogen-bond donors (Lipinski definition) is 2. The number of carbonyl (C=O) groups excluding carboxylic acids is 2. The van der Waals surface area contributed by atoms with Crippen LogP contribution in [-0.4, -0.2) is 39.6 Å². The van der Waals surface area contributed by atoms with Crippen molar-refractivity contribution in [2.75, 3.05) is 22.8 Å². The van der Waals surface area contributed by atoms with E-state index in [0.717, 1.165) is 19.9 Å². The third kappa shape index (κ3) is 8.51. The molecule has 0 saturated heterocycles. The van der Waals surface area contributed by atoms with Gasteiger partial charge in [0.05, 0.1) is 16.8 Å². The van der Waals surface area contributed by atoms with E-state index in [1.807, 2.05) is 38.1 Å². The lowest BCUT2D eigenvalue weighted by atomic mass is 10.2. The first-order chi connectivity index (χ1) is 20.1. The van der Waals surface area contributed by atoms with E-state index in [2.05, 4.69) is 31.8 Å². The van der Waals surface area contributed by atoms with Crippen molar-refractivity contribution in [3.05, 3.63) is 118 Å². The molecule has 0 radical (unpaired) electrons. The first kappa shape index (κ1) is 30.5. The van der Waals surface area contributed by atoms with E-state index >= 15 is 0 Å². The van der Waals surface area contributed by atoms with Gasteiger partial charge in [0.15, 0.2) is 6.61 Å². The largest absolute Gasteiger partial charge is 0.484 e. The number of hydrazone groups is 1. The molecule has 9 nitrogen and oxygen atoms in total. The van der Waals surface area contributed by atoms with Crippen LogP contribution >= 0.6 is 15.9 Å². The van der Waals surface area contributed by atoms with E-state index in [0.29, 0.717) is 22.7 Å². The van der Waals surface area contributed by atoms with Crippen molar-refractivity contribution in [1.29, 1.82) is 0 Å². The molecule has 216 valence electrons. The highest BCUT2D eigenvalue weighted by Gasteiger charge is 2.27. The monoisotopic (exact) mass is 648 g/mol. The van der Waals surface area contributed by atoms with Gasteiger partial charge in [0, 0.05) is 10.2 Å². The van der Waals surface area contributed by atoms with Crippen LogP contribution in [0, 0.1) is 13.8 Å². The molecule has 4 rings (SSSR count). The third-order valence-electron chi connectivity index (χ3n) is 6.00. The summed E-state index contributed by atoms with van der Waals surface area (Å²) in [7, 11) is -4.03. The zero-order valence-corrected chi connectivity index (χ0v) is 25.4. The first-order valence-electron chi connectivity index (χ1n) is 12.9. The van der Waals surface area contributed by atoms with Gasteiger partial charge in [-0.05, 0) is 92.2 Å². The lowest BCUT2D eigenvalue weighted by molar-refractivity contribution is -0.119. The predicted molar refractivity (Wildman–Crippen MR) is 167 cm³/mol. The zero-order valence-electron chi connectivity index (χ0n) is 23.0. The molecule has 4 aromatic carbocycles. The molecule has 0 unspecified atom stereocenters. The fourth-order valence-electron chi connectivity index (χ4n) is 3.74. The second kappa shape index (κ2) is 13.9. The molecule has 0 aliphatic carbocycles. The minimum atomic E-state index is -4.03. The number of ether oxygens (including phenoxy) is 1. The maximum absolute atomic E-state index is 13.4. The Balaban J connectivity index is 1.34. The van der Waals surface area contributed by atoms with Gasteiger partial charge in [-0.2, -0.15) is 5.10 Å². The standard InChI is InChI=1S/C31H29BrN4O5S/c1-22-3-11-26(12-4-22)34-31(38)21-41-28-15-7-24(8-16-28)19-33-35-30(37)20-36(27-13-9-25(32)10-14-27)42(39,40)29-17-5-23(2)6-18-29/h3-19H,20-21H2,1-2H3,(H,34,38)(H,35,37)/b33-19+. The van der Waals surface area contributed by atoms with Gasteiger partial charge in [-0.25, -0.2) is 13.8 Å². The van der Waals surface area contributed by atoms with Crippen molar-refractivity contribution in [3.63, 3.8) is 0 Å². The fraction of sp³-hybridized carbons (Fsp3) is 0.129. The number of carbonyl (C=O) groups is 2. The molecule has 0 heterocycles. The van der Waals surface area contributed by atoms with E-state index in [1.165, 1.54) is 18.3 Å². The Kier molecular flexibility index (Phi) is 10.1. The molecule has 0 fully saturated rings. The molecule has 0 bridgehead atoms.